The second-order valence-corrected chi connectivity index (χ2v) is 14.5. The molecule has 2 fully saturated rings. The van der Waals surface area contributed by atoms with Gasteiger partial charge in [-0.05, 0) is 57.8 Å². The second kappa shape index (κ2) is 9.22. The molecule has 208 valence electrons. The van der Waals surface area contributed by atoms with Crippen LogP contribution >= 0.6 is 11.3 Å². The molecule has 2 aliphatic rings. The van der Waals surface area contributed by atoms with Crippen molar-refractivity contribution in [3.8, 4) is 5.13 Å². The molecule has 0 atom stereocenters. The van der Waals surface area contributed by atoms with E-state index in [0.717, 1.165) is 66.6 Å². The van der Waals surface area contributed by atoms with E-state index >= 15 is 0 Å². The van der Waals surface area contributed by atoms with Gasteiger partial charge in [-0.25, -0.2) is 31.9 Å². The van der Waals surface area contributed by atoms with Gasteiger partial charge in [-0.1, -0.05) is 38.2 Å². The summed E-state index contributed by atoms with van der Waals surface area (Å²) in [6.45, 7) is 9.69. The number of aromatic nitrogens is 5. The Kier molecular flexibility index (Phi) is 6.29. The van der Waals surface area contributed by atoms with E-state index in [9.17, 15) is 17.2 Å². The number of fused-ring (bicyclic) bond motifs is 3. The second-order valence-electron chi connectivity index (χ2n) is 11.8. The number of benzene rings is 1. The van der Waals surface area contributed by atoms with Crippen LogP contribution < -0.4 is 10.0 Å². The summed E-state index contributed by atoms with van der Waals surface area (Å²) in [6.07, 6.45) is 0.576. The highest BCUT2D eigenvalue weighted by atomic mass is 32.2. The fraction of sp³-hybridized carbons (Fsp3) is 0.538. The van der Waals surface area contributed by atoms with Gasteiger partial charge in [0.2, 0.25) is 15.2 Å². The first-order chi connectivity index (χ1) is 18.4. The Morgan fingerprint density at radius 2 is 1.87 bits per heavy atom. The van der Waals surface area contributed by atoms with E-state index in [2.05, 4.69) is 20.2 Å². The van der Waals surface area contributed by atoms with Gasteiger partial charge in [-0.15, -0.1) is 10.2 Å². The average molecular weight is 576 g/mol. The number of piperidine rings is 1. The van der Waals surface area contributed by atoms with Gasteiger partial charge in [0, 0.05) is 27.6 Å². The Labute approximate surface area is 229 Å². The van der Waals surface area contributed by atoms with Gasteiger partial charge >= 0.3 is 0 Å². The van der Waals surface area contributed by atoms with Gasteiger partial charge in [0.25, 0.3) is 6.43 Å². The standard InChI is InChI=1S/C26H31F2N7O2S2/c1-25(2,3)23-30-19(14-7-11-29-12-8-14)18-16-6-5-15(39(36,37)34-26(4)9-10-26)13-17(16)35(21(18)31-23)24-33-32-22(38-24)20(27)28/h5-6,13-14,20,29,34H,7-12H2,1-4H3. The van der Waals surface area contributed by atoms with Gasteiger partial charge in [0.15, 0.2) is 10.7 Å². The summed E-state index contributed by atoms with van der Waals surface area (Å²) in [7, 11) is -3.81. The molecule has 1 aromatic carbocycles. The van der Waals surface area contributed by atoms with E-state index in [0.29, 0.717) is 17.0 Å². The highest BCUT2D eigenvalue weighted by Crippen LogP contribution is 2.41. The first-order valence-corrected chi connectivity index (χ1v) is 15.4. The molecule has 3 aromatic heterocycles. The summed E-state index contributed by atoms with van der Waals surface area (Å²) in [5.74, 6) is 0.796. The molecule has 13 heteroatoms. The smallest absolute Gasteiger partial charge is 0.291 e. The normalized spacial score (nSPS) is 18.4. The van der Waals surface area contributed by atoms with E-state index in [-0.39, 0.29) is 21.4 Å². The number of sulfonamides is 1. The van der Waals surface area contributed by atoms with E-state index in [1.54, 1.807) is 22.8 Å². The van der Waals surface area contributed by atoms with E-state index in [1.165, 1.54) is 0 Å². The van der Waals surface area contributed by atoms with Crippen LogP contribution in [0.5, 0.6) is 0 Å². The molecular formula is C26H31F2N7O2S2. The lowest BCUT2D eigenvalue weighted by atomic mass is 9.90. The third-order valence-electron chi connectivity index (χ3n) is 7.50. The zero-order valence-electron chi connectivity index (χ0n) is 22.3. The molecule has 1 saturated carbocycles. The molecule has 0 spiro atoms. The number of nitrogens with zero attached hydrogens (tertiary/aromatic N) is 5. The Hall–Kier alpha value is -2.61. The van der Waals surface area contributed by atoms with Crippen LogP contribution in [0.15, 0.2) is 23.1 Å². The maximum Gasteiger partial charge on any atom is 0.291 e. The molecular weight excluding hydrogens is 544 g/mol. The van der Waals surface area contributed by atoms with E-state index in [4.69, 9.17) is 9.97 Å². The van der Waals surface area contributed by atoms with Gasteiger partial charge < -0.3 is 5.32 Å². The van der Waals surface area contributed by atoms with Crippen molar-refractivity contribution >= 4 is 43.3 Å². The van der Waals surface area contributed by atoms with Crippen LogP contribution in [0.2, 0.25) is 0 Å². The maximum atomic E-state index is 13.5. The Balaban J connectivity index is 1.67. The Morgan fingerprint density at radius 1 is 1.15 bits per heavy atom. The molecule has 2 N–H and O–H groups in total. The molecule has 0 bridgehead atoms. The third kappa shape index (κ3) is 4.83. The highest BCUT2D eigenvalue weighted by Gasteiger charge is 2.41. The molecule has 39 heavy (non-hydrogen) atoms. The third-order valence-corrected chi connectivity index (χ3v) is 10.1. The van der Waals surface area contributed by atoms with Crippen LogP contribution in [0.4, 0.5) is 8.78 Å². The molecule has 1 saturated heterocycles. The van der Waals surface area contributed by atoms with Crippen molar-refractivity contribution in [2.45, 2.75) is 81.6 Å². The number of alkyl halides is 2. The maximum absolute atomic E-state index is 13.5. The van der Waals surface area contributed by atoms with Crippen molar-refractivity contribution in [1.82, 2.24) is 34.8 Å². The van der Waals surface area contributed by atoms with Gasteiger partial charge in [-0.2, -0.15) is 0 Å². The molecule has 6 rings (SSSR count). The topological polar surface area (TPSA) is 115 Å². The lowest BCUT2D eigenvalue weighted by molar-refractivity contribution is 0.150. The van der Waals surface area contributed by atoms with Crippen molar-refractivity contribution in [2.75, 3.05) is 13.1 Å². The zero-order valence-corrected chi connectivity index (χ0v) is 23.9. The van der Waals surface area contributed by atoms with Gasteiger partial charge in [0.05, 0.1) is 16.1 Å². The molecule has 9 nitrogen and oxygen atoms in total. The average Bonchev–Trinajstić information content (AvgIpc) is 3.27. The van der Waals surface area contributed by atoms with Crippen molar-refractivity contribution in [1.29, 1.82) is 0 Å². The van der Waals surface area contributed by atoms with Crippen molar-refractivity contribution in [3.05, 3.63) is 34.7 Å². The fourth-order valence-corrected chi connectivity index (χ4v) is 7.27. The molecule has 1 aliphatic heterocycles. The fourth-order valence-electron chi connectivity index (χ4n) is 5.07. The molecule has 0 amide bonds. The summed E-state index contributed by atoms with van der Waals surface area (Å²) in [5.41, 5.74) is 1.10. The van der Waals surface area contributed by atoms with Crippen molar-refractivity contribution in [3.63, 3.8) is 0 Å². The monoisotopic (exact) mass is 575 g/mol. The van der Waals surface area contributed by atoms with E-state index < -0.39 is 27.0 Å². The number of hydrogen-bond donors (Lipinski definition) is 2. The molecule has 0 radical (unpaired) electrons. The number of nitrogens with one attached hydrogen (secondary N) is 2. The Morgan fingerprint density at radius 3 is 2.49 bits per heavy atom. The van der Waals surface area contributed by atoms with Crippen LogP contribution in [-0.2, 0) is 15.4 Å². The van der Waals surface area contributed by atoms with Crippen LogP contribution in [-0.4, -0.2) is 51.8 Å². The first kappa shape index (κ1) is 26.6. The molecule has 0 unspecified atom stereocenters. The van der Waals surface area contributed by atoms with Crippen LogP contribution in [0.3, 0.4) is 0 Å². The zero-order chi connectivity index (χ0) is 27.7. The summed E-state index contributed by atoms with van der Waals surface area (Å²) >= 11 is 0.772. The largest absolute Gasteiger partial charge is 0.317 e. The molecule has 1 aliphatic carbocycles. The first-order valence-electron chi connectivity index (χ1n) is 13.1. The van der Waals surface area contributed by atoms with Crippen LogP contribution in [0, 0.1) is 0 Å². The lowest BCUT2D eigenvalue weighted by Gasteiger charge is -2.25. The lowest BCUT2D eigenvalue weighted by Crippen LogP contribution is -2.34. The Bertz CT molecular complexity index is 1680. The van der Waals surface area contributed by atoms with Crippen LogP contribution in [0.25, 0.3) is 27.1 Å². The minimum Gasteiger partial charge on any atom is -0.317 e. The molecule has 4 heterocycles. The summed E-state index contributed by atoms with van der Waals surface area (Å²) in [5, 5.41) is 12.5. The minimum absolute atomic E-state index is 0.0956. The quantitative estimate of drug-likeness (QED) is 0.334. The SMILES string of the molecule is CC1(NS(=O)(=O)c2ccc3c4c(C5CCNCC5)nc(C(C)(C)C)nc4n(-c4nnc(C(F)F)s4)c3c2)CC1. The summed E-state index contributed by atoms with van der Waals surface area (Å²) in [4.78, 5) is 10.1. The minimum atomic E-state index is -3.81. The molecule has 4 aromatic rings. The predicted octanol–water partition coefficient (Wildman–Crippen LogP) is 4.96. The van der Waals surface area contributed by atoms with Gasteiger partial charge in [-0.3, -0.25) is 4.57 Å². The van der Waals surface area contributed by atoms with Gasteiger partial charge in [0.1, 0.15) is 5.82 Å². The number of hydrogen-bond acceptors (Lipinski definition) is 8. The number of halogens is 2. The summed E-state index contributed by atoms with van der Waals surface area (Å²) < 4.78 is 58.2. The van der Waals surface area contributed by atoms with E-state index in [1.807, 2.05) is 27.7 Å². The summed E-state index contributed by atoms with van der Waals surface area (Å²) in [6, 6.07) is 4.95. The highest BCUT2D eigenvalue weighted by molar-refractivity contribution is 7.89. The number of rotatable bonds is 6. The van der Waals surface area contributed by atoms with Crippen LogP contribution in [0.1, 0.15) is 82.2 Å². The predicted molar refractivity (Wildman–Crippen MR) is 146 cm³/mol. The van der Waals surface area contributed by atoms with Crippen molar-refractivity contribution < 1.29 is 17.2 Å². The van der Waals surface area contributed by atoms with Crippen molar-refractivity contribution in [2.24, 2.45) is 0 Å².